The average molecular weight is 272 g/mol. The van der Waals surface area contributed by atoms with Crippen LogP contribution in [0.2, 0.25) is 0 Å². The molecule has 3 heteroatoms. The number of hydrogen-bond acceptors (Lipinski definition) is 1. The van der Waals surface area contributed by atoms with Gasteiger partial charge >= 0.3 is 0 Å². The summed E-state index contributed by atoms with van der Waals surface area (Å²) in [5, 5.41) is 3.29. The molecule has 1 aliphatic rings. The topological polar surface area (TPSA) is 12.0 Å². The summed E-state index contributed by atoms with van der Waals surface area (Å²) in [4.78, 5) is 0. The van der Waals surface area contributed by atoms with Crippen molar-refractivity contribution in [3.05, 3.63) is 34.1 Å². The van der Waals surface area contributed by atoms with Gasteiger partial charge in [-0.2, -0.15) is 0 Å². The molecule has 1 fully saturated rings. The van der Waals surface area contributed by atoms with E-state index in [9.17, 15) is 4.39 Å². The fourth-order valence-electron chi connectivity index (χ4n) is 1.84. The van der Waals surface area contributed by atoms with Crippen molar-refractivity contribution < 1.29 is 4.39 Å². The first-order chi connectivity index (χ1) is 7.20. The Morgan fingerprint density at radius 2 is 2.27 bits per heavy atom. The van der Waals surface area contributed by atoms with Crippen LogP contribution < -0.4 is 5.32 Å². The van der Waals surface area contributed by atoms with Gasteiger partial charge in [-0.1, -0.05) is 18.9 Å². The molecule has 1 atom stereocenters. The molecule has 1 nitrogen and oxygen atoms in total. The van der Waals surface area contributed by atoms with Crippen molar-refractivity contribution in [3.8, 4) is 0 Å². The molecule has 0 aliphatic heterocycles. The molecule has 1 aliphatic carbocycles. The van der Waals surface area contributed by atoms with E-state index in [-0.39, 0.29) is 5.82 Å². The molecule has 2 rings (SSSR count). The summed E-state index contributed by atoms with van der Waals surface area (Å²) in [6, 6.07) is 5.62. The van der Waals surface area contributed by atoms with Crippen LogP contribution in [0.25, 0.3) is 0 Å². The predicted molar refractivity (Wildman–Crippen MR) is 63.2 cm³/mol. The number of halogens is 2. The molecule has 0 spiro atoms. The average Bonchev–Trinajstić information content (AvgIpc) is 3.02. The lowest BCUT2D eigenvalue weighted by atomic mass is 10.0. The van der Waals surface area contributed by atoms with Crippen molar-refractivity contribution in [1.82, 2.24) is 5.32 Å². The molecule has 0 aromatic heterocycles. The molecule has 0 amide bonds. The van der Waals surface area contributed by atoms with E-state index in [1.54, 1.807) is 0 Å². The molecule has 82 valence electrons. The third-order valence-corrected chi connectivity index (χ3v) is 3.57. The number of nitrogens with one attached hydrogen (secondary N) is 1. The molecule has 1 unspecified atom stereocenters. The van der Waals surface area contributed by atoms with Gasteiger partial charge in [-0.3, -0.25) is 0 Å². The lowest BCUT2D eigenvalue weighted by molar-refractivity contribution is 0.512. The minimum absolute atomic E-state index is 0.194. The zero-order valence-corrected chi connectivity index (χ0v) is 10.3. The van der Waals surface area contributed by atoms with Crippen molar-refractivity contribution in [1.29, 1.82) is 0 Å². The summed E-state index contributed by atoms with van der Waals surface area (Å²) in [5.74, 6) is 0.673. The Morgan fingerprint density at radius 3 is 2.80 bits per heavy atom. The van der Waals surface area contributed by atoms with E-state index < -0.39 is 0 Å². The molecule has 15 heavy (non-hydrogen) atoms. The second kappa shape index (κ2) is 4.62. The Balaban J connectivity index is 2.13. The third-order valence-electron chi connectivity index (χ3n) is 2.96. The maximum Gasteiger partial charge on any atom is 0.137 e. The first-order valence-electron chi connectivity index (χ1n) is 5.33. The Morgan fingerprint density at radius 1 is 1.53 bits per heavy atom. The summed E-state index contributed by atoms with van der Waals surface area (Å²) >= 11 is 3.22. The Kier molecular flexibility index (Phi) is 3.42. The summed E-state index contributed by atoms with van der Waals surface area (Å²) < 4.78 is 13.6. The van der Waals surface area contributed by atoms with Crippen LogP contribution in [-0.2, 0) is 0 Å². The van der Waals surface area contributed by atoms with Gasteiger partial charge in [-0.05, 0) is 53.0 Å². The number of benzene rings is 1. The van der Waals surface area contributed by atoms with Gasteiger partial charge in [0.1, 0.15) is 5.82 Å². The van der Waals surface area contributed by atoms with Crippen LogP contribution in [0.4, 0.5) is 4.39 Å². The zero-order valence-electron chi connectivity index (χ0n) is 8.76. The standard InChI is InChI=1S/C12H15BrFN/c1-15-12(6-8-2-3-8)9-4-5-11(14)10(13)7-9/h4-5,7-8,12,15H,2-3,6H2,1H3. The molecule has 1 aromatic carbocycles. The van der Waals surface area contributed by atoms with Crippen molar-refractivity contribution in [2.45, 2.75) is 25.3 Å². The highest BCUT2D eigenvalue weighted by atomic mass is 79.9. The Hall–Kier alpha value is -0.410. The smallest absolute Gasteiger partial charge is 0.137 e. The molecule has 0 radical (unpaired) electrons. The fourth-order valence-corrected chi connectivity index (χ4v) is 2.23. The van der Waals surface area contributed by atoms with Gasteiger partial charge in [0, 0.05) is 6.04 Å². The van der Waals surface area contributed by atoms with E-state index in [1.807, 2.05) is 19.2 Å². The predicted octanol–water partition coefficient (Wildman–Crippen LogP) is 3.65. The van der Waals surface area contributed by atoms with Crippen LogP contribution in [0.5, 0.6) is 0 Å². The van der Waals surface area contributed by atoms with Crippen LogP contribution in [0.3, 0.4) is 0 Å². The van der Waals surface area contributed by atoms with Crippen molar-refractivity contribution >= 4 is 15.9 Å². The largest absolute Gasteiger partial charge is 0.313 e. The van der Waals surface area contributed by atoms with Crippen molar-refractivity contribution in [2.24, 2.45) is 5.92 Å². The van der Waals surface area contributed by atoms with Crippen molar-refractivity contribution in [2.75, 3.05) is 7.05 Å². The second-order valence-electron chi connectivity index (χ2n) is 4.19. The molecule has 0 saturated heterocycles. The molecular formula is C12H15BrFN. The number of rotatable bonds is 4. The van der Waals surface area contributed by atoms with Gasteiger partial charge in [0.15, 0.2) is 0 Å². The highest BCUT2D eigenvalue weighted by Gasteiger charge is 2.25. The Bertz CT molecular complexity index is 349. The first kappa shape index (κ1) is 11.1. The van der Waals surface area contributed by atoms with Gasteiger partial charge in [0.25, 0.3) is 0 Å². The fraction of sp³-hybridized carbons (Fsp3) is 0.500. The summed E-state index contributed by atoms with van der Waals surface area (Å²) in [6.07, 6.45) is 3.86. The maximum atomic E-state index is 13.1. The first-order valence-corrected chi connectivity index (χ1v) is 6.12. The summed E-state index contributed by atoms with van der Waals surface area (Å²) in [6.45, 7) is 0. The van der Waals surface area contributed by atoms with E-state index in [0.29, 0.717) is 10.5 Å². The van der Waals surface area contributed by atoms with E-state index in [2.05, 4.69) is 21.2 Å². The molecule has 0 bridgehead atoms. The zero-order chi connectivity index (χ0) is 10.8. The number of hydrogen-bond donors (Lipinski definition) is 1. The molecule has 0 heterocycles. The van der Waals surface area contributed by atoms with E-state index >= 15 is 0 Å². The van der Waals surface area contributed by atoms with E-state index in [0.717, 1.165) is 17.9 Å². The minimum Gasteiger partial charge on any atom is -0.313 e. The molecule has 1 N–H and O–H groups in total. The van der Waals surface area contributed by atoms with Gasteiger partial charge in [0.05, 0.1) is 4.47 Å². The monoisotopic (exact) mass is 271 g/mol. The highest BCUT2D eigenvalue weighted by Crippen LogP contribution is 2.37. The third kappa shape index (κ3) is 2.79. The Labute approximate surface area is 98.2 Å². The summed E-state index contributed by atoms with van der Waals surface area (Å²) in [5.41, 5.74) is 1.16. The highest BCUT2D eigenvalue weighted by molar-refractivity contribution is 9.10. The van der Waals surface area contributed by atoms with E-state index in [4.69, 9.17) is 0 Å². The molecule has 1 aromatic rings. The van der Waals surface area contributed by atoms with Crippen LogP contribution in [-0.4, -0.2) is 7.05 Å². The van der Waals surface area contributed by atoms with Crippen LogP contribution in [0.15, 0.2) is 22.7 Å². The second-order valence-corrected chi connectivity index (χ2v) is 5.05. The minimum atomic E-state index is -0.194. The molecular weight excluding hydrogens is 257 g/mol. The van der Waals surface area contributed by atoms with E-state index in [1.165, 1.54) is 18.9 Å². The van der Waals surface area contributed by atoms with Gasteiger partial charge in [0.2, 0.25) is 0 Å². The lowest BCUT2D eigenvalue weighted by Gasteiger charge is -2.16. The normalized spacial score (nSPS) is 17.8. The van der Waals surface area contributed by atoms with Crippen LogP contribution >= 0.6 is 15.9 Å². The lowest BCUT2D eigenvalue weighted by Crippen LogP contribution is -2.17. The SMILES string of the molecule is CNC(CC1CC1)c1ccc(F)c(Br)c1. The summed E-state index contributed by atoms with van der Waals surface area (Å²) in [7, 11) is 1.96. The van der Waals surface area contributed by atoms with Crippen LogP contribution in [0, 0.1) is 11.7 Å². The molecule has 1 saturated carbocycles. The van der Waals surface area contributed by atoms with Gasteiger partial charge in [-0.15, -0.1) is 0 Å². The maximum absolute atomic E-state index is 13.1. The van der Waals surface area contributed by atoms with Gasteiger partial charge in [-0.25, -0.2) is 4.39 Å². The van der Waals surface area contributed by atoms with Crippen LogP contribution in [0.1, 0.15) is 30.9 Å². The van der Waals surface area contributed by atoms with Crippen molar-refractivity contribution in [3.63, 3.8) is 0 Å². The quantitative estimate of drug-likeness (QED) is 0.882. The van der Waals surface area contributed by atoms with Gasteiger partial charge < -0.3 is 5.32 Å².